The number of imidazole rings is 1. The summed E-state index contributed by atoms with van der Waals surface area (Å²) >= 11 is 0. The predicted octanol–water partition coefficient (Wildman–Crippen LogP) is 6.28. The SMILES string of the molecule is C#CCOc1ccc2nc(-c3nc4c(C)cccc4[nH]3)nc(-c3ccc(C(C)C)cc3)c2c1. The number of rotatable bonds is 5. The van der Waals surface area contributed by atoms with Crippen molar-refractivity contribution in [2.24, 2.45) is 0 Å². The zero-order valence-electron chi connectivity index (χ0n) is 18.9. The smallest absolute Gasteiger partial charge is 0.196 e. The van der Waals surface area contributed by atoms with Gasteiger partial charge in [-0.25, -0.2) is 15.0 Å². The van der Waals surface area contributed by atoms with Crippen LogP contribution in [0, 0.1) is 19.3 Å². The molecule has 0 bridgehead atoms. The van der Waals surface area contributed by atoms with Crippen molar-refractivity contribution in [2.75, 3.05) is 6.61 Å². The molecule has 0 aliphatic carbocycles. The number of benzene rings is 3. The molecule has 0 aliphatic rings. The monoisotopic (exact) mass is 432 g/mol. The summed E-state index contributed by atoms with van der Waals surface area (Å²) in [5, 5.41) is 0.901. The molecule has 5 nitrogen and oxygen atoms in total. The van der Waals surface area contributed by atoms with Gasteiger partial charge in [-0.1, -0.05) is 56.2 Å². The number of fused-ring (bicyclic) bond motifs is 2. The topological polar surface area (TPSA) is 63.7 Å². The Morgan fingerprint density at radius 2 is 1.82 bits per heavy atom. The van der Waals surface area contributed by atoms with Crippen molar-refractivity contribution < 1.29 is 4.74 Å². The molecular weight excluding hydrogens is 408 g/mol. The number of nitrogens with zero attached hydrogens (tertiary/aromatic N) is 3. The van der Waals surface area contributed by atoms with Crippen molar-refractivity contribution in [2.45, 2.75) is 26.7 Å². The second kappa shape index (κ2) is 8.40. The van der Waals surface area contributed by atoms with E-state index >= 15 is 0 Å². The third-order valence-corrected chi connectivity index (χ3v) is 5.77. The Morgan fingerprint density at radius 1 is 1.00 bits per heavy atom. The molecule has 3 aromatic carbocycles. The summed E-state index contributed by atoms with van der Waals surface area (Å²) in [5.74, 6) is 4.86. The van der Waals surface area contributed by atoms with Crippen LogP contribution in [-0.2, 0) is 0 Å². The summed E-state index contributed by atoms with van der Waals surface area (Å²) in [7, 11) is 0. The van der Waals surface area contributed by atoms with Gasteiger partial charge in [-0.3, -0.25) is 0 Å². The fraction of sp³-hybridized carbons (Fsp3) is 0.179. The Labute approximate surface area is 192 Å². The van der Waals surface area contributed by atoms with Gasteiger partial charge >= 0.3 is 0 Å². The number of aromatic nitrogens is 4. The van der Waals surface area contributed by atoms with Crippen LogP contribution in [0.2, 0.25) is 0 Å². The molecule has 0 saturated carbocycles. The van der Waals surface area contributed by atoms with E-state index in [0.29, 0.717) is 23.3 Å². The zero-order chi connectivity index (χ0) is 22.9. The minimum Gasteiger partial charge on any atom is -0.481 e. The lowest BCUT2D eigenvalue weighted by atomic mass is 9.99. The Bertz CT molecular complexity index is 1510. The quantitative estimate of drug-likeness (QED) is 0.332. The summed E-state index contributed by atoms with van der Waals surface area (Å²) in [5.41, 5.74) is 6.93. The standard InChI is InChI=1S/C28H24N4O/c1-5-15-33-21-13-14-23-22(16-21)26(20-11-9-19(10-12-20)17(2)3)32-27(29-23)28-30-24-8-6-7-18(4)25(24)31-28/h1,6-14,16-17H,15H2,2-4H3,(H,30,31). The van der Waals surface area contributed by atoms with Crippen molar-refractivity contribution in [3.63, 3.8) is 0 Å². The van der Waals surface area contributed by atoms with Crippen LogP contribution in [0.4, 0.5) is 0 Å². The number of aryl methyl sites for hydroxylation is 1. The highest BCUT2D eigenvalue weighted by atomic mass is 16.5. The van der Waals surface area contributed by atoms with Crippen LogP contribution < -0.4 is 4.74 Å². The van der Waals surface area contributed by atoms with Crippen molar-refractivity contribution >= 4 is 21.9 Å². The predicted molar refractivity (Wildman–Crippen MR) is 133 cm³/mol. The maximum Gasteiger partial charge on any atom is 0.196 e. The Balaban J connectivity index is 1.71. The van der Waals surface area contributed by atoms with E-state index in [0.717, 1.165) is 38.8 Å². The van der Waals surface area contributed by atoms with Crippen LogP contribution >= 0.6 is 0 Å². The minimum absolute atomic E-state index is 0.210. The highest BCUT2D eigenvalue weighted by Crippen LogP contribution is 2.32. The van der Waals surface area contributed by atoms with E-state index in [1.807, 2.05) is 43.3 Å². The van der Waals surface area contributed by atoms with Crippen molar-refractivity contribution in [1.29, 1.82) is 0 Å². The molecule has 33 heavy (non-hydrogen) atoms. The summed E-state index contributed by atoms with van der Waals surface area (Å²) in [6, 6.07) is 20.4. The molecule has 0 fully saturated rings. The molecule has 0 saturated heterocycles. The number of nitrogens with one attached hydrogen (secondary N) is 1. The lowest BCUT2D eigenvalue weighted by Crippen LogP contribution is -1.98. The first kappa shape index (κ1) is 20.7. The fourth-order valence-corrected chi connectivity index (χ4v) is 3.96. The van der Waals surface area contributed by atoms with Gasteiger partial charge in [0.05, 0.1) is 22.2 Å². The first-order valence-electron chi connectivity index (χ1n) is 11.0. The van der Waals surface area contributed by atoms with E-state index in [1.54, 1.807) is 0 Å². The summed E-state index contributed by atoms with van der Waals surface area (Å²) < 4.78 is 5.66. The van der Waals surface area contributed by atoms with Gasteiger partial charge in [0.25, 0.3) is 0 Å². The maximum absolute atomic E-state index is 5.66. The lowest BCUT2D eigenvalue weighted by Gasteiger charge is -2.11. The number of terminal acetylenes is 1. The Morgan fingerprint density at radius 3 is 2.55 bits per heavy atom. The van der Waals surface area contributed by atoms with Crippen molar-refractivity contribution in [1.82, 2.24) is 19.9 Å². The van der Waals surface area contributed by atoms with E-state index < -0.39 is 0 Å². The highest BCUT2D eigenvalue weighted by molar-refractivity contribution is 5.94. The van der Waals surface area contributed by atoms with Gasteiger partial charge in [-0.15, -0.1) is 6.42 Å². The van der Waals surface area contributed by atoms with Gasteiger partial charge in [-0.05, 0) is 48.2 Å². The average Bonchev–Trinajstić information content (AvgIpc) is 3.28. The second-order valence-corrected chi connectivity index (χ2v) is 8.40. The number of ether oxygens (including phenoxy) is 1. The first-order valence-corrected chi connectivity index (χ1v) is 11.0. The summed E-state index contributed by atoms with van der Waals surface area (Å²) in [4.78, 5) is 18.0. The Kier molecular flexibility index (Phi) is 5.27. The summed E-state index contributed by atoms with van der Waals surface area (Å²) in [6.45, 7) is 6.63. The fourth-order valence-electron chi connectivity index (χ4n) is 3.96. The number of para-hydroxylation sites is 1. The van der Waals surface area contributed by atoms with Crippen molar-refractivity contribution in [3.8, 4) is 41.0 Å². The van der Waals surface area contributed by atoms with Gasteiger partial charge < -0.3 is 9.72 Å². The van der Waals surface area contributed by atoms with E-state index in [2.05, 4.69) is 49.0 Å². The number of H-pyrrole nitrogens is 1. The molecule has 1 N–H and O–H groups in total. The largest absolute Gasteiger partial charge is 0.481 e. The van der Waals surface area contributed by atoms with E-state index in [-0.39, 0.29) is 6.61 Å². The third-order valence-electron chi connectivity index (χ3n) is 5.77. The molecule has 2 heterocycles. The third kappa shape index (κ3) is 3.92. The number of hydrogen-bond acceptors (Lipinski definition) is 4. The molecule has 0 amide bonds. The molecule has 5 heteroatoms. The molecule has 162 valence electrons. The van der Waals surface area contributed by atoms with Gasteiger partial charge in [0.15, 0.2) is 11.6 Å². The number of aromatic amines is 1. The van der Waals surface area contributed by atoms with Gasteiger partial charge in [0, 0.05) is 10.9 Å². The van der Waals surface area contributed by atoms with Crippen LogP contribution in [0.1, 0.15) is 30.9 Å². The molecule has 0 spiro atoms. The molecule has 2 aromatic heterocycles. The first-order chi connectivity index (χ1) is 16.0. The van der Waals surface area contributed by atoms with Crippen LogP contribution in [0.3, 0.4) is 0 Å². The highest BCUT2D eigenvalue weighted by Gasteiger charge is 2.16. The van der Waals surface area contributed by atoms with Crippen molar-refractivity contribution in [3.05, 3.63) is 71.8 Å². The molecule has 0 aliphatic heterocycles. The number of hydrogen-bond donors (Lipinski definition) is 1. The van der Waals surface area contributed by atoms with E-state index in [1.165, 1.54) is 5.56 Å². The minimum atomic E-state index is 0.210. The molecule has 0 radical (unpaired) electrons. The second-order valence-electron chi connectivity index (χ2n) is 8.40. The lowest BCUT2D eigenvalue weighted by molar-refractivity contribution is 0.371. The van der Waals surface area contributed by atoms with Crippen LogP contribution in [0.15, 0.2) is 60.7 Å². The van der Waals surface area contributed by atoms with Gasteiger partial charge in [-0.2, -0.15) is 0 Å². The van der Waals surface area contributed by atoms with Crippen LogP contribution in [0.25, 0.3) is 44.8 Å². The molecule has 0 unspecified atom stereocenters. The van der Waals surface area contributed by atoms with Crippen LogP contribution in [0.5, 0.6) is 5.75 Å². The van der Waals surface area contributed by atoms with Gasteiger partial charge in [0.1, 0.15) is 12.4 Å². The maximum atomic E-state index is 5.66. The average molecular weight is 433 g/mol. The molecule has 5 rings (SSSR count). The zero-order valence-corrected chi connectivity index (χ0v) is 18.9. The molecule has 5 aromatic rings. The van der Waals surface area contributed by atoms with E-state index in [9.17, 15) is 0 Å². The molecule has 0 atom stereocenters. The van der Waals surface area contributed by atoms with Gasteiger partial charge in [0.2, 0.25) is 0 Å². The summed E-state index contributed by atoms with van der Waals surface area (Å²) in [6.07, 6.45) is 5.37. The molecular formula is C28H24N4O. The normalized spacial score (nSPS) is 11.2. The Hall–Kier alpha value is -4.17. The van der Waals surface area contributed by atoms with Crippen LogP contribution in [-0.4, -0.2) is 26.5 Å². The van der Waals surface area contributed by atoms with E-state index in [4.69, 9.17) is 26.1 Å².